The van der Waals surface area contributed by atoms with Crippen molar-refractivity contribution >= 4 is 22.5 Å². The standard InChI is InChI=1S/C27H28N4O3/c1-16-14-24(34-3)20(26(32)30-16)15-29-27(33)25-17(2)31(23-11-5-4-8-19(23)25)22-12-6-10-21-18(22)9-7-13-28-21/h4-6,8,10-12,14,28H,7,9,13,15H2,1-3H3,(H,29,33)(H,30,32). The van der Waals surface area contributed by atoms with Crippen molar-refractivity contribution < 1.29 is 9.53 Å². The topological polar surface area (TPSA) is 88.2 Å². The molecule has 4 aromatic rings. The molecule has 7 nitrogen and oxygen atoms in total. The van der Waals surface area contributed by atoms with Gasteiger partial charge in [-0.2, -0.15) is 0 Å². The Bertz CT molecular complexity index is 1460. The minimum atomic E-state index is -0.264. The number of hydrogen-bond donors (Lipinski definition) is 3. The lowest BCUT2D eigenvalue weighted by Crippen LogP contribution is -2.28. The first-order chi connectivity index (χ1) is 16.5. The highest BCUT2D eigenvalue weighted by molar-refractivity contribution is 6.09. The number of aryl methyl sites for hydroxylation is 1. The van der Waals surface area contributed by atoms with Gasteiger partial charge in [-0.15, -0.1) is 0 Å². The molecular formula is C27H28N4O3. The first-order valence-corrected chi connectivity index (χ1v) is 11.5. The van der Waals surface area contributed by atoms with Gasteiger partial charge in [-0.25, -0.2) is 0 Å². The maximum Gasteiger partial charge on any atom is 0.256 e. The van der Waals surface area contributed by atoms with Crippen LogP contribution in [-0.2, 0) is 13.0 Å². The monoisotopic (exact) mass is 456 g/mol. The van der Waals surface area contributed by atoms with Gasteiger partial charge in [0.25, 0.3) is 11.5 Å². The molecule has 0 spiro atoms. The van der Waals surface area contributed by atoms with Crippen LogP contribution in [0, 0.1) is 13.8 Å². The maximum absolute atomic E-state index is 13.5. The fraction of sp³-hybridized carbons (Fsp3) is 0.259. The van der Waals surface area contributed by atoms with Gasteiger partial charge >= 0.3 is 0 Å². The lowest BCUT2D eigenvalue weighted by molar-refractivity contribution is 0.0951. The molecule has 1 amide bonds. The summed E-state index contributed by atoms with van der Waals surface area (Å²) in [6.45, 7) is 4.81. The van der Waals surface area contributed by atoms with Crippen LogP contribution in [0.2, 0.25) is 0 Å². The number of aromatic amines is 1. The summed E-state index contributed by atoms with van der Waals surface area (Å²) in [4.78, 5) is 28.7. The number of anilines is 1. The molecule has 0 fully saturated rings. The molecule has 0 saturated carbocycles. The smallest absolute Gasteiger partial charge is 0.256 e. The summed E-state index contributed by atoms with van der Waals surface area (Å²) in [5, 5.41) is 7.32. The van der Waals surface area contributed by atoms with E-state index in [9.17, 15) is 9.59 Å². The van der Waals surface area contributed by atoms with Crippen molar-refractivity contribution in [3.05, 3.63) is 87.0 Å². The molecule has 2 aromatic carbocycles. The number of pyridine rings is 1. The van der Waals surface area contributed by atoms with E-state index >= 15 is 0 Å². The number of ether oxygens (including phenoxy) is 1. The molecule has 0 aliphatic carbocycles. The number of nitrogens with zero attached hydrogens (tertiary/aromatic N) is 1. The molecule has 5 rings (SSSR count). The van der Waals surface area contributed by atoms with Gasteiger partial charge in [0.15, 0.2) is 0 Å². The Morgan fingerprint density at radius 3 is 2.79 bits per heavy atom. The fourth-order valence-corrected chi connectivity index (χ4v) is 4.96. The van der Waals surface area contributed by atoms with Gasteiger partial charge in [0.2, 0.25) is 0 Å². The van der Waals surface area contributed by atoms with Crippen molar-refractivity contribution in [2.45, 2.75) is 33.2 Å². The van der Waals surface area contributed by atoms with Gasteiger partial charge in [-0.05, 0) is 56.5 Å². The lowest BCUT2D eigenvalue weighted by atomic mass is 10.0. The second kappa shape index (κ2) is 8.74. The van der Waals surface area contributed by atoms with Crippen molar-refractivity contribution in [3.8, 4) is 11.4 Å². The zero-order valence-electron chi connectivity index (χ0n) is 19.6. The summed E-state index contributed by atoms with van der Waals surface area (Å²) in [7, 11) is 1.52. The van der Waals surface area contributed by atoms with E-state index in [0.717, 1.165) is 47.4 Å². The number of benzene rings is 2. The van der Waals surface area contributed by atoms with Crippen LogP contribution < -0.4 is 20.9 Å². The van der Waals surface area contributed by atoms with Gasteiger partial charge in [0.05, 0.1) is 36.0 Å². The van der Waals surface area contributed by atoms with E-state index in [4.69, 9.17) is 4.74 Å². The van der Waals surface area contributed by atoms with Crippen LogP contribution >= 0.6 is 0 Å². The number of H-pyrrole nitrogens is 1. The lowest BCUT2D eigenvalue weighted by Gasteiger charge is -2.22. The molecule has 1 aliphatic rings. The number of aromatic nitrogens is 2. The molecular weight excluding hydrogens is 428 g/mol. The number of hydrogen-bond acceptors (Lipinski definition) is 4. The maximum atomic E-state index is 13.5. The second-order valence-electron chi connectivity index (χ2n) is 8.66. The number of amides is 1. The summed E-state index contributed by atoms with van der Waals surface area (Å²) in [6.07, 6.45) is 2.06. The van der Waals surface area contributed by atoms with Crippen LogP contribution in [-0.4, -0.2) is 29.1 Å². The average Bonchev–Trinajstić information content (AvgIpc) is 3.14. The van der Waals surface area contributed by atoms with Gasteiger partial charge in [0, 0.05) is 29.0 Å². The summed E-state index contributed by atoms with van der Waals surface area (Å²) in [5.41, 5.74) is 6.80. The van der Waals surface area contributed by atoms with Crippen molar-refractivity contribution in [3.63, 3.8) is 0 Å². The predicted molar refractivity (Wildman–Crippen MR) is 134 cm³/mol. The van der Waals surface area contributed by atoms with Crippen molar-refractivity contribution in [1.29, 1.82) is 0 Å². The largest absolute Gasteiger partial charge is 0.496 e. The van der Waals surface area contributed by atoms with Crippen LogP contribution in [0.25, 0.3) is 16.6 Å². The van der Waals surface area contributed by atoms with Gasteiger partial charge in [-0.3, -0.25) is 9.59 Å². The second-order valence-corrected chi connectivity index (χ2v) is 8.66. The Morgan fingerprint density at radius 2 is 1.97 bits per heavy atom. The number of nitrogens with one attached hydrogen (secondary N) is 3. The SMILES string of the molecule is COc1cc(C)[nH]c(=O)c1CNC(=O)c1c(C)n(-c2cccc3c2CCCN3)c2ccccc12. The Balaban J connectivity index is 1.57. The first kappa shape index (κ1) is 21.8. The van der Waals surface area contributed by atoms with Crippen molar-refractivity contribution in [2.75, 3.05) is 19.0 Å². The third kappa shape index (κ3) is 3.63. The van der Waals surface area contributed by atoms with E-state index in [1.807, 2.05) is 31.2 Å². The Kier molecular flexibility index (Phi) is 5.61. The van der Waals surface area contributed by atoms with E-state index in [1.54, 1.807) is 13.0 Å². The van der Waals surface area contributed by atoms with E-state index in [0.29, 0.717) is 22.6 Å². The number of carbonyl (C=O) groups excluding carboxylic acids is 1. The highest BCUT2D eigenvalue weighted by atomic mass is 16.5. The normalized spacial score (nSPS) is 12.8. The summed E-state index contributed by atoms with van der Waals surface area (Å²) < 4.78 is 7.55. The molecule has 0 unspecified atom stereocenters. The third-order valence-electron chi connectivity index (χ3n) is 6.53. The van der Waals surface area contributed by atoms with Crippen LogP contribution in [0.5, 0.6) is 5.75 Å². The Morgan fingerprint density at radius 1 is 1.15 bits per heavy atom. The van der Waals surface area contributed by atoms with Crippen molar-refractivity contribution in [2.24, 2.45) is 0 Å². The molecule has 0 saturated heterocycles. The predicted octanol–water partition coefficient (Wildman–Crippen LogP) is 4.23. The first-order valence-electron chi connectivity index (χ1n) is 11.5. The Labute approximate surface area is 197 Å². The minimum absolute atomic E-state index is 0.0707. The molecule has 34 heavy (non-hydrogen) atoms. The summed E-state index contributed by atoms with van der Waals surface area (Å²) in [6, 6.07) is 16.0. The van der Waals surface area contributed by atoms with Crippen LogP contribution in [0.4, 0.5) is 5.69 Å². The number of carbonyl (C=O) groups is 1. The van der Waals surface area contributed by atoms with E-state index < -0.39 is 0 Å². The molecule has 174 valence electrons. The molecule has 0 atom stereocenters. The number of methoxy groups -OCH3 is 1. The van der Waals surface area contributed by atoms with Crippen LogP contribution in [0.1, 0.15) is 39.3 Å². The highest BCUT2D eigenvalue weighted by Gasteiger charge is 2.23. The van der Waals surface area contributed by atoms with Crippen LogP contribution in [0.15, 0.2) is 53.3 Å². The van der Waals surface area contributed by atoms with E-state index in [-0.39, 0.29) is 18.0 Å². The van der Waals surface area contributed by atoms with Gasteiger partial charge < -0.3 is 24.9 Å². The molecule has 3 N–H and O–H groups in total. The zero-order chi connectivity index (χ0) is 23.8. The van der Waals surface area contributed by atoms with E-state index in [1.165, 1.54) is 12.7 Å². The highest BCUT2D eigenvalue weighted by Crippen LogP contribution is 2.34. The van der Waals surface area contributed by atoms with Crippen LogP contribution in [0.3, 0.4) is 0 Å². The quantitative estimate of drug-likeness (QED) is 0.419. The third-order valence-corrected chi connectivity index (χ3v) is 6.53. The molecule has 2 aromatic heterocycles. The zero-order valence-corrected chi connectivity index (χ0v) is 19.6. The van der Waals surface area contributed by atoms with E-state index in [2.05, 4.69) is 38.4 Å². The average molecular weight is 457 g/mol. The van der Waals surface area contributed by atoms with Gasteiger partial charge in [0.1, 0.15) is 5.75 Å². The van der Waals surface area contributed by atoms with Gasteiger partial charge in [-0.1, -0.05) is 24.3 Å². The molecule has 1 aliphatic heterocycles. The summed E-state index contributed by atoms with van der Waals surface area (Å²) in [5.74, 6) is 0.238. The fourth-order valence-electron chi connectivity index (χ4n) is 4.96. The number of fused-ring (bicyclic) bond motifs is 2. The molecule has 0 bridgehead atoms. The Hall–Kier alpha value is -4.00. The summed E-state index contributed by atoms with van der Waals surface area (Å²) >= 11 is 0. The number of para-hydroxylation sites is 1. The minimum Gasteiger partial charge on any atom is -0.496 e. The molecule has 3 heterocycles. The number of rotatable bonds is 5. The molecule has 7 heteroatoms. The van der Waals surface area contributed by atoms with Crippen molar-refractivity contribution in [1.82, 2.24) is 14.9 Å². The molecule has 0 radical (unpaired) electrons.